The van der Waals surface area contributed by atoms with Crippen molar-refractivity contribution in [2.24, 2.45) is 0 Å². The molecule has 4 heteroatoms. The molecule has 4 nitrogen and oxygen atoms in total. The molecule has 1 N–H and O–H groups in total. The van der Waals surface area contributed by atoms with Crippen LogP contribution in [0.25, 0.3) is 0 Å². The molecule has 0 saturated heterocycles. The molecular weight excluding hydrogens is 180 g/mol. The maximum absolute atomic E-state index is 11.3. The first-order valence-corrected chi connectivity index (χ1v) is 4.44. The van der Waals surface area contributed by atoms with Gasteiger partial charge in [0.05, 0.1) is 13.0 Å². The van der Waals surface area contributed by atoms with Crippen molar-refractivity contribution in [3.8, 4) is 0 Å². The highest BCUT2D eigenvalue weighted by Crippen LogP contribution is 2.07. The zero-order valence-electron chi connectivity index (χ0n) is 8.41. The van der Waals surface area contributed by atoms with Gasteiger partial charge in [-0.3, -0.25) is 9.78 Å². The molecule has 0 spiro atoms. The fourth-order valence-corrected chi connectivity index (χ4v) is 1.04. The molecule has 0 fully saturated rings. The normalized spacial score (nSPS) is 9.86. The number of nitrogens with one attached hydrogen (secondary N) is 1. The monoisotopic (exact) mass is 194 g/mol. The third-order valence-corrected chi connectivity index (χ3v) is 1.71. The van der Waals surface area contributed by atoms with Gasteiger partial charge < -0.3 is 10.1 Å². The zero-order chi connectivity index (χ0) is 10.4. The van der Waals surface area contributed by atoms with Crippen LogP contribution in [0.1, 0.15) is 12.1 Å². The summed E-state index contributed by atoms with van der Waals surface area (Å²) in [6, 6.07) is 3.59. The van der Waals surface area contributed by atoms with E-state index in [2.05, 4.69) is 10.3 Å². The zero-order valence-corrected chi connectivity index (χ0v) is 8.41. The lowest BCUT2D eigenvalue weighted by atomic mass is 10.3. The molecule has 1 heterocycles. The minimum Gasteiger partial charge on any atom is -0.384 e. The van der Waals surface area contributed by atoms with Gasteiger partial charge in [-0.15, -0.1) is 0 Å². The van der Waals surface area contributed by atoms with Gasteiger partial charge in [0.25, 0.3) is 0 Å². The van der Waals surface area contributed by atoms with E-state index in [0.717, 1.165) is 11.4 Å². The number of carbonyl (C=O) groups excluding carboxylic acids is 1. The summed E-state index contributed by atoms with van der Waals surface area (Å²) in [5.41, 5.74) is 1.66. The van der Waals surface area contributed by atoms with E-state index in [4.69, 9.17) is 4.74 Å². The largest absolute Gasteiger partial charge is 0.384 e. The van der Waals surface area contributed by atoms with E-state index in [-0.39, 0.29) is 5.91 Å². The van der Waals surface area contributed by atoms with Crippen molar-refractivity contribution in [3.05, 3.63) is 24.0 Å². The van der Waals surface area contributed by atoms with Crippen molar-refractivity contribution in [1.82, 2.24) is 4.98 Å². The molecule has 0 aliphatic heterocycles. The number of nitrogens with zero attached hydrogens (tertiary/aromatic N) is 1. The van der Waals surface area contributed by atoms with Crippen molar-refractivity contribution in [3.63, 3.8) is 0 Å². The van der Waals surface area contributed by atoms with Crippen LogP contribution in [0.2, 0.25) is 0 Å². The lowest BCUT2D eigenvalue weighted by molar-refractivity contribution is -0.117. The average Bonchev–Trinajstić information content (AvgIpc) is 2.15. The second kappa shape index (κ2) is 5.34. The average molecular weight is 194 g/mol. The number of hydrogen-bond donors (Lipinski definition) is 1. The second-order valence-electron chi connectivity index (χ2n) is 2.98. The first-order chi connectivity index (χ1) is 6.72. The van der Waals surface area contributed by atoms with Crippen LogP contribution in [0.5, 0.6) is 0 Å². The number of hydrogen-bond acceptors (Lipinski definition) is 3. The summed E-state index contributed by atoms with van der Waals surface area (Å²) >= 11 is 0. The molecule has 1 amide bonds. The van der Waals surface area contributed by atoms with Gasteiger partial charge in [-0.2, -0.15) is 0 Å². The van der Waals surface area contributed by atoms with E-state index < -0.39 is 0 Å². The van der Waals surface area contributed by atoms with Crippen molar-refractivity contribution < 1.29 is 9.53 Å². The second-order valence-corrected chi connectivity index (χ2v) is 2.98. The molecule has 0 atom stereocenters. The van der Waals surface area contributed by atoms with Crippen molar-refractivity contribution >= 4 is 11.6 Å². The molecule has 1 aromatic rings. The van der Waals surface area contributed by atoms with E-state index in [9.17, 15) is 4.79 Å². The molecule has 0 unspecified atom stereocenters. The number of ether oxygens (including phenoxy) is 1. The van der Waals surface area contributed by atoms with E-state index >= 15 is 0 Å². The Labute approximate surface area is 83.3 Å². The van der Waals surface area contributed by atoms with Gasteiger partial charge in [-0.1, -0.05) is 0 Å². The van der Waals surface area contributed by atoms with Gasteiger partial charge in [0.15, 0.2) is 0 Å². The number of amides is 1. The summed E-state index contributed by atoms with van der Waals surface area (Å²) in [5.74, 6) is -0.0440. The van der Waals surface area contributed by atoms with Crippen LogP contribution in [0, 0.1) is 6.92 Å². The Balaban J connectivity index is 2.47. The van der Waals surface area contributed by atoms with Crippen LogP contribution in [0.3, 0.4) is 0 Å². The summed E-state index contributed by atoms with van der Waals surface area (Å²) in [7, 11) is 1.57. The van der Waals surface area contributed by atoms with Crippen LogP contribution in [0.4, 0.5) is 5.69 Å². The van der Waals surface area contributed by atoms with E-state index in [0.29, 0.717) is 13.0 Å². The maximum Gasteiger partial charge on any atom is 0.226 e. The van der Waals surface area contributed by atoms with Gasteiger partial charge in [0, 0.05) is 24.7 Å². The number of aromatic nitrogens is 1. The highest BCUT2D eigenvalue weighted by Gasteiger charge is 2.01. The number of aryl methyl sites for hydroxylation is 1. The summed E-state index contributed by atoms with van der Waals surface area (Å²) < 4.78 is 4.80. The topological polar surface area (TPSA) is 51.2 Å². The molecule has 0 aliphatic rings. The van der Waals surface area contributed by atoms with Crippen molar-refractivity contribution in [1.29, 1.82) is 0 Å². The molecule has 0 bridgehead atoms. The number of methoxy groups -OCH3 is 1. The van der Waals surface area contributed by atoms with E-state index in [1.165, 1.54) is 0 Å². The Kier molecular flexibility index (Phi) is 4.07. The summed E-state index contributed by atoms with van der Waals surface area (Å²) in [6.45, 7) is 2.32. The van der Waals surface area contributed by atoms with Crippen LogP contribution in [-0.2, 0) is 9.53 Å². The third-order valence-electron chi connectivity index (χ3n) is 1.71. The predicted molar refractivity (Wildman–Crippen MR) is 54.1 cm³/mol. The molecule has 14 heavy (non-hydrogen) atoms. The lowest BCUT2D eigenvalue weighted by Crippen LogP contribution is -2.13. The Morgan fingerprint density at radius 1 is 1.64 bits per heavy atom. The first kappa shape index (κ1) is 10.7. The van der Waals surface area contributed by atoms with Gasteiger partial charge in [-0.05, 0) is 19.1 Å². The quantitative estimate of drug-likeness (QED) is 0.787. The molecule has 76 valence electrons. The van der Waals surface area contributed by atoms with Crippen LogP contribution >= 0.6 is 0 Å². The fraction of sp³-hybridized carbons (Fsp3) is 0.400. The molecule has 0 radical (unpaired) electrons. The molecule has 0 aliphatic carbocycles. The molecular formula is C10H14N2O2. The summed E-state index contributed by atoms with van der Waals surface area (Å²) in [6.07, 6.45) is 2.04. The molecule has 1 aromatic heterocycles. The molecule has 0 aromatic carbocycles. The lowest BCUT2D eigenvalue weighted by Gasteiger charge is -2.04. The number of rotatable bonds is 4. The van der Waals surface area contributed by atoms with Crippen molar-refractivity contribution in [2.45, 2.75) is 13.3 Å². The van der Waals surface area contributed by atoms with Crippen LogP contribution in [0.15, 0.2) is 18.3 Å². The Morgan fingerprint density at radius 3 is 3.07 bits per heavy atom. The van der Waals surface area contributed by atoms with E-state index in [1.54, 1.807) is 19.4 Å². The minimum absolute atomic E-state index is 0.0440. The third kappa shape index (κ3) is 3.53. The summed E-state index contributed by atoms with van der Waals surface area (Å²) in [5, 5.41) is 2.76. The van der Waals surface area contributed by atoms with Crippen LogP contribution in [-0.4, -0.2) is 24.6 Å². The summed E-state index contributed by atoms with van der Waals surface area (Å²) in [4.78, 5) is 15.3. The van der Waals surface area contributed by atoms with Gasteiger partial charge >= 0.3 is 0 Å². The highest BCUT2D eigenvalue weighted by molar-refractivity contribution is 5.90. The van der Waals surface area contributed by atoms with Crippen LogP contribution < -0.4 is 5.32 Å². The maximum atomic E-state index is 11.3. The van der Waals surface area contributed by atoms with E-state index in [1.807, 2.05) is 13.0 Å². The number of anilines is 1. The fourth-order valence-electron chi connectivity index (χ4n) is 1.04. The Morgan fingerprint density at radius 2 is 2.43 bits per heavy atom. The van der Waals surface area contributed by atoms with Crippen molar-refractivity contribution in [2.75, 3.05) is 19.0 Å². The predicted octanol–water partition coefficient (Wildman–Crippen LogP) is 1.37. The van der Waals surface area contributed by atoms with Gasteiger partial charge in [0.2, 0.25) is 5.91 Å². The minimum atomic E-state index is -0.0440. The molecule has 1 rings (SSSR count). The Bertz CT molecular complexity index is 313. The number of carbonyl (C=O) groups is 1. The smallest absolute Gasteiger partial charge is 0.226 e. The Hall–Kier alpha value is -1.42. The van der Waals surface area contributed by atoms with Gasteiger partial charge in [0.1, 0.15) is 0 Å². The van der Waals surface area contributed by atoms with Gasteiger partial charge in [-0.25, -0.2) is 0 Å². The standard InChI is InChI=1S/C10H14N2O2/c1-8-7-9(3-5-11-8)12-10(13)4-6-14-2/h3,5,7H,4,6H2,1-2H3,(H,11,12,13). The first-order valence-electron chi connectivity index (χ1n) is 4.44. The SMILES string of the molecule is COCCC(=O)Nc1ccnc(C)c1. The highest BCUT2D eigenvalue weighted by atomic mass is 16.5. The molecule has 0 saturated carbocycles. The number of pyridine rings is 1.